The van der Waals surface area contributed by atoms with Gasteiger partial charge < -0.3 is 15.1 Å². The predicted octanol–water partition coefficient (Wildman–Crippen LogP) is 4.07. The second kappa shape index (κ2) is 10.9. The lowest BCUT2D eigenvalue weighted by Gasteiger charge is -2.16. The summed E-state index contributed by atoms with van der Waals surface area (Å²) < 4.78 is 6.75. The molecule has 0 amide bonds. The Morgan fingerprint density at radius 2 is 2.30 bits per heavy atom. The summed E-state index contributed by atoms with van der Waals surface area (Å²) in [6, 6.07) is 4.05. The van der Waals surface area contributed by atoms with Gasteiger partial charge in [0.2, 0.25) is 0 Å². The number of guanidine groups is 1. The van der Waals surface area contributed by atoms with Gasteiger partial charge in [0.05, 0.1) is 6.04 Å². The summed E-state index contributed by atoms with van der Waals surface area (Å²) >= 11 is 3.48. The number of furan rings is 1. The molecule has 0 spiro atoms. The fourth-order valence-corrected chi connectivity index (χ4v) is 3.52. The summed E-state index contributed by atoms with van der Waals surface area (Å²) in [5, 5.41) is 8.66. The molecule has 1 atom stereocenters. The van der Waals surface area contributed by atoms with Crippen LogP contribution in [0, 0.1) is 6.92 Å². The lowest BCUT2D eigenvalue weighted by molar-refractivity contribution is 0.441. The van der Waals surface area contributed by atoms with Gasteiger partial charge in [-0.1, -0.05) is 11.8 Å². The van der Waals surface area contributed by atoms with Crippen molar-refractivity contribution in [3.63, 3.8) is 0 Å². The molecule has 8 heteroatoms. The molecule has 23 heavy (non-hydrogen) atoms. The van der Waals surface area contributed by atoms with Gasteiger partial charge in [-0.05, 0) is 32.4 Å². The maximum atomic E-state index is 5.62. The van der Waals surface area contributed by atoms with Crippen LogP contribution in [-0.4, -0.2) is 30.3 Å². The second-order valence-corrected chi connectivity index (χ2v) is 7.05. The van der Waals surface area contributed by atoms with Crippen LogP contribution in [0.1, 0.15) is 30.9 Å². The predicted molar refractivity (Wildman–Crippen MR) is 109 cm³/mol. The third-order valence-corrected chi connectivity index (χ3v) is 5.07. The fraction of sp³-hybridized carbons (Fsp3) is 0.467. The van der Waals surface area contributed by atoms with Gasteiger partial charge in [-0.2, -0.15) is 0 Å². The average Bonchev–Trinajstić information content (AvgIpc) is 3.17. The molecule has 0 aliphatic heterocycles. The van der Waals surface area contributed by atoms with E-state index >= 15 is 0 Å². The molecule has 1 unspecified atom stereocenters. The van der Waals surface area contributed by atoms with E-state index in [1.807, 2.05) is 30.6 Å². The number of nitrogens with zero attached hydrogens (tertiary/aromatic N) is 2. The molecule has 2 aromatic heterocycles. The Kier molecular flexibility index (Phi) is 9.65. The Labute approximate surface area is 162 Å². The van der Waals surface area contributed by atoms with Gasteiger partial charge in [0.25, 0.3) is 0 Å². The Morgan fingerprint density at radius 1 is 1.48 bits per heavy atom. The molecule has 2 N–H and O–H groups in total. The number of hydrogen-bond acceptors (Lipinski definition) is 5. The molecule has 0 aromatic carbocycles. The molecule has 0 saturated heterocycles. The topological polar surface area (TPSA) is 62.5 Å². The molecule has 0 fully saturated rings. The first-order valence-corrected chi connectivity index (χ1v) is 9.11. The monoisotopic (exact) mass is 466 g/mol. The van der Waals surface area contributed by atoms with Crippen molar-refractivity contribution in [3.05, 3.63) is 35.2 Å². The molecule has 2 rings (SSSR count). The largest absolute Gasteiger partial charge is 0.464 e. The van der Waals surface area contributed by atoms with Crippen LogP contribution in [0.15, 0.2) is 37.5 Å². The van der Waals surface area contributed by atoms with Crippen molar-refractivity contribution < 1.29 is 4.42 Å². The quantitative estimate of drug-likeness (QED) is 0.212. The van der Waals surface area contributed by atoms with E-state index in [9.17, 15) is 0 Å². The Balaban J connectivity index is 0.00000264. The van der Waals surface area contributed by atoms with Crippen LogP contribution < -0.4 is 10.6 Å². The normalized spacial score (nSPS) is 12.6. The van der Waals surface area contributed by atoms with Gasteiger partial charge in [0, 0.05) is 30.9 Å². The summed E-state index contributed by atoms with van der Waals surface area (Å²) in [5.41, 5.74) is 0. The molecule has 128 valence electrons. The maximum absolute atomic E-state index is 5.62. The second-order valence-electron chi connectivity index (χ2n) is 4.81. The van der Waals surface area contributed by atoms with Crippen molar-refractivity contribution in [1.29, 1.82) is 0 Å². The lowest BCUT2D eigenvalue weighted by Crippen LogP contribution is -2.39. The van der Waals surface area contributed by atoms with Gasteiger partial charge in [-0.15, -0.1) is 35.3 Å². The van der Waals surface area contributed by atoms with E-state index in [2.05, 4.69) is 27.5 Å². The summed E-state index contributed by atoms with van der Waals surface area (Å²) in [7, 11) is 1.78. The van der Waals surface area contributed by atoms with Gasteiger partial charge >= 0.3 is 0 Å². The number of halogens is 1. The van der Waals surface area contributed by atoms with E-state index in [1.165, 1.54) is 0 Å². The number of rotatable bonds is 7. The molecule has 0 aliphatic rings. The van der Waals surface area contributed by atoms with Crippen molar-refractivity contribution in [2.75, 3.05) is 19.3 Å². The lowest BCUT2D eigenvalue weighted by atomic mass is 10.2. The van der Waals surface area contributed by atoms with Crippen LogP contribution in [0.4, 0.5) is 0 Å². The van der Waals surface area contributed by atoms with Crippen molar-refractivity contribution in [1.82, 2.24) is 15.6 Å². The minimum absolute atomic E-state index is 0. The van der Waals surface area contributed by atoms with Gasteiger partial charge in [-0.3, -0.25) is 4.99 Å². The molecule has 2 aromatic rings. The van der Waals surface area contributed by atoms with E-state index in [0.29, 0.717) is 0 Å². The summed E-state index contributed by atoms with van der Waals surface area (Å²) in [6.07, 6.45) is 2.90. The molecule has 5 nitrogen and oxygen atoms in total. The highest BCUT2D eigenvalue weighted by molar-refractivity contribution is 14.0. The molecule has 0 radical (unpaired) electrons. The summed E-state index contributed by atoms with van der Waals surface area (Å²) in [4.78, 5) is 8.50. The van der Waals surface area contributed by atoms with Crippen molar-refractivity contribution in [2.45, 2.75) is 30.6 Å². The van der Waals surface area contributed by atoms with Crippen LogP contribution in [0.5, 0.6) is 0 Å². The number of hydrogen-bond donors (Lipinski definition) is 2. The van der Waals surface area contributed by atoms with Crippen molar-refractivity contribution >= 4 is 53.0 Å². The summed E-state index contributed by atoms with van der Waals surface area (Å²) in [6.45, 7) is 4.88. The number of thioether (sulfide) groups is 1. The molecule has 0 bridgehead atoms. The Morgan fingerprint density at radius 3 is 2.91 bits per heavy atom. The smallest absolute Gasteiger partial charge is 0.191 e. The zero-order valence-electron chi connectivity index (χ0n) is 13.5. The van der Waals surface area contributed by atoms with Gasteiger partial charge in [0.15, 0.2) is 5.96 Å². The molecular formula is C15H23IN4OS2. The van der Waals surface area contributed by atoms with E-state index in [-0.39, 0.29) is 30.0 Å². The number of thiazole rings is 1. The first-order valence-electron chi connectivity index (χ1n) is 7.25. The van der Waals surface area contributed by atoms with Gasteiger partial charge in [0.1, 0.15) is 15.9 Å². The fourth-order valence-electron chi connectivity index (χ4n) is 1.88. The van der Waals surface area contributed by atoms with Crippen LogP contribution in [0.2, 0.25) is 0 Å². The molecule has 2 heterocycles. The Hall–Kier alpha value is -0.740. The van der Waals surface area contributed by atoms with Crippen molar-refractivity contribution in [3.8, 4) is 0 Å². The van der Waals surface area contributed by atoms with E-state index in [1.54, 1.807) is 30.1 Å². The van der Waals surface area contributed by atoms with E-state index < -0.39 is 0 Å². The number of aliphatic imine (C=N–C) groups is 1. The highest BCUT2D eigenvalue weighted by Gasteiger charge is 2.10. The third kappa shape index (κ3) is 7.13. The minimum atomic E-state index is 0. The van der Waals surface area contributed by atoms with Crippen molar-refractivity contribution in [2.24, 2.45) is 4.99 Å². The average molecular weight is 466 g/mol. The van der Waals surface area contributed by atoms with E-state index in [0.717, 1.165) is 40.5 Å². The highest BCUT2D eigenvalue weighted by Crippen LogP contribution is 2.20. The molecule has 0 saturated carbocycles. The number of aromatic nitrogens is 1. The van der Waals surface area contributed by atoms with Gasteiger partial charge in [-0.25, -0.2) is 4.98 Å². The number of aryl methyl sites for hydroxylation is 1. The van der Waals surface area contributed by atoms with Crippen LogP contribution >= 0.6 is 47.1 Å². The zero-order chi connectivity index (χ0) is 15.8. The maximum Gasteiger partial charge on any atom is 0.191 e. The number of nitrogens with one attached hydrogen (secondary N) is 2. The molecular weight excluding hydrogens is 443 g/mol. The molecule has 0 aliphatic carbocycles. The highest BCUT2D eigenvalue weighted by atomic mass is 127. The summed E-state index contributed by atoms with van der Waals surface area (Å²) in [5.74, 6) is 3.68. The van der Waals surface area contributed by atoms with Crippen LogP contribution in [-0.2, 0) is 0 Å². The van der Waals surface area contributed by atoms with Crippen LogP contribution in [0.3, 0.4) is 0 Å². The standard InChI is InChI=1S/C15H22N4OS2.HI/c1-11-5-6-13(20-11)12(2)19-14(16-3)17-7-4-9-21-15-18-8-10-22-15;/h5-6,8,10,12H,4,7,9H2,1-3H3,(H2,16,17,19);1H. The minimum Gasteiger partial charge on any atom is -0.464 e. The van der Waals surface area contributed by atoms with Crippen LogP contribution in [0.25, 0.3) is 0 Å². The first-order chi connectivity index (χ1) is 10.7. The van der Waals surface area contributed by atoms with E-state index in [4.69, 9.17) is 4.42 Å². The Bertz CT molecular complexity index is 586. The first kappa shape index (κ1) is 20.3. The SMILES string of the molecule is CN=C(NCCCSc1nccs1)NC(C)c1ccc(C)o1.I. The third-order valence-electron chi connectivity index (χ3n) is 3.01. The zero-order valence-corrected chi connectivity index (χ0v) is 17.5.